The number of para-hydroxylation sites is 1. The van der Waals surface area contributed by atoms with Gasteiger partial charge in [0.05, 0.1) is 12.3 Å². The molecular weight excluding hydrogens is 428 g/mol. The summed E-state index contributed by atoms with van der Waals surface area (Å²) in [6, 6.07) is 26.6. The Labute approximate surface area is 199 Å². The first-order valence-corrected chi connectivity index (χ1v) is 11.3. The van der Waals surface area contributed by atoms with Crippen molar-refractivity contribution in [2.45, 2.75) is 12.5 Å². The van der Waals surface area contributed by atoms with Crippen LogP contribution in [0.5, 0.6) is 0 Å². The molecule has 3 aromatic carbocycles. The van der Waals surface area contributed by atoms with Crippen molar-refractivity contribution >= 4 is 23.2 Å². The summed E-state index contributed by atoms with van der Waals surface area (Å²) in [6.07, 6.45) is 0.347. The van der Waals surface area contributed by atoms with Gasteiger partial charge in [0.2, 0.25) is 5.91 Å². The summed E-state index contributed by atoms with van der Waals surface area (Å²) in [6.45, 7) is 1.28. The van der Waals surface area contributed by atoms with Crippen LogP contribution in [0.2, 0.25) is 0 Å². The number of nitrogens with zero attached hydrogens (tertiary/aromatic N) is 2. The smallest absolute Gasteiger partial charge is 0.254 e. The Morgan fingerprint density at radius 2 is 1.56 bits per heavy atom. The molecule has 1 saturated heterocycles. The highest BCUT2D eigenvalue weighted by molar-refractivity contribution is 6.05. The van der Waals surface area contributed by atoms with Gasteiger partial charge in [-0.3, -0.25) is 9.59 Å². The lowest BCUT2D eigenvalue weighted by Crippen LogP contribution is -2.46. The third kappa shape index (κ3) is 5.61. The number of amides is 2. The van der Waals surface area contributed by atoms with E-state index in [9.17, 15) is 9.59 Å². The van der Waals surface area contributed by atoms with Crippen molar-refractivity contribution in [3.05, 3.63) is 90.5 Å². The van der Waals surface area contributed by atoms with Gasteiger partial charge in [-0.25, -0.2) is 0 Å². The Hall–Kier alpha value is -4.13. The Morgan fingerprint density at radius 1 is 0.912 bits per heavy atom. The van der Waals surface area contributed by atoms with Gasteiger partial charge in [-0.1, -0.05) is 65.8 Å². The highest BCUT2D eigenvalue weighted by atomic mass is 16.6. The molecule has 1 heterocycles. The molecule has 0 saturated carbocycles. The van der Waals surface area contributed by atoms with Gasteiger partial charge in [0.25, 0.3) is 5.91 Å². The lowest BCUT2D eigenvalue weighted by atomic mass is 10.0. The molecule has 0 bridgehead atoms. The number of hydrogen-bond donors (Lipinski definition) is 2. The first kappa shape index (κ1) is 23.0. The third-order valence-corrected chi connectivity index (χ3v) is 5.71. The molecule has 34 heavy (non-hydrogen) atoms. The standard InChI is InChI=1S/C27H28N4O3/c1-34-30-24-18-25(26(32)29-17-16-28-23-10-6-3-7-11-23)31(19-24)27(33)22-14-12-21(13-15-22)20-8-4-2-5-9-20/h2-15,25,28H,16-19H2,1H3,(H,29,32)/b30-24+/t25-/m0/s1. The number of anilines is 1. The van der Waals surface area contributed by atoms with Crippen LogP contribution in [-0.4, -0.2) is 55.2 Å². The van der Waals surface area contributed by atoms with E-state index >= 15 is 0 Å². The topological polar surface area (TPSA) is 83.0 Å². The Morgan fingerprint density at radius 3 is 2.24 bits per heavy atom. The molecule has 1 atom stereocenters. The van der Waals surface area contributed by atoms with Crippen molar-refractivity contribution in [1.29, 1.82) is 0 Å². The van der Waals surface area contributed by atoms with Crippen LogP contribution < -0.4 is 10.6 Å². The number of oxime groups is 1. The molecule has 4 rings (SSSR count). The number of likely N-dealkylation sites (tertiary alicyclic amines) is 1. The van der Waals surface area contributed by atoms with Crippen molar-refractivity contribution < 1.29 is 14.4 Å². The number of rotatable bonds is 8. The zero-order chi connectivity index (χ0) is 23.8. The van der Waals surface area contributed by atoms with Gasteiger partial charge in [-0.05, 0) is 35.4 Å². The predicted octanol–water partition coefficient (Wildman–Crippen LogP) is 3.80. The number of carbonyl (C=O) groups is 2. The summed E-state index contributed by atoms with van der Waals surface area (Å²) in [5.74, 6) is -0.408. The predicted molar refractivity (Wildman–Crippen MR) is 134 cm³/mol. The van der Waals surface area contributed by atoms with Gasteiger partial charge in [0, 0.05) is 30.8 Å². The molecule has 174 valence electrons. The van der Waals surface area contributed by atoms with Crippen molar-refractivity contribution in [3.63, 3.8) is 0 Å². The van der Waals surface area contributed by atoms with E-state index in [0.29, 0.717) is 30.8 Å². The van der Waals surface area contributed by atoms with Crippen molar-refractivity contribution in [2.75, 3.05) is 32.1 Å². The van der Waals surface area contributed by atoms with E-state index in [-0.39, 0.29) is 18.4 Å². The number of carbonyl (C=O) groups excluding carboxylic acids is 2. The van der Waals surface area contributed by atoms with Crippen molar-refractivity contribution in [2.24, 2.45) is 5.16 Å². The highest BCUT2D eigenvalue weighted by Gasteiger charge is 2.38. The van der Waals surface area contributed by atoms with Crippen molar-refractivity contribution in [3.8, 4) is 11.1 Å². The first-order chi connectivity index (χ1) is 16.7. The molecule has 7 nitrogen and oxygen atoms in total. The molecule has 1 aliphatic heterocycles. The fourth-order valence-corrected chi connectivity index (χ4v) is 4.02. The van der Waals surface area contributed by atoms with Gasteiger partial charge in [0.1, 0.15) is 13.2 Å². The molecule has 7 heteroatoms. The molecular formula is C27H28N4O3. The van der Waals surface area contributed by atoms with Crippen LogP contribution in [0.1, 0.15) is 16.8 Å². The first-order valence-electron chi connectivity index (χ1n) is 11.3. The van der Waals surface area contributed by atoms with E-state index in [2.05, 4.69) is 15.8 Å². The molecule has 1 fully saturated rings. The fourth-order valence-electron chi connectivity index (χ4n) is 4.02. The molecule has 1 aliphatic rings. The van der Waals surface area contributed by atoms with E-state index in [4.69, 9.17) is 4.84 Å². The lowest BCUT2D eigenvalue weighted by molar-refractivity contribution is -0.124. The zero-order valence-electron chi connectivity index (χ0n) is 19.1. The van der Waals surface area contributed by atoms with Crippen LogP contribution in [0.3, 0.4) is 0 Å². The van der Waals surface area contributed by atoms with Crippen LogP contribution in [0.25, 0.3) is 11.1 Å². The van der Waals surface area contributed by atoms with Crippen LogP contribution in [0.15, 0.2) is 90.1 Å². The second-order valence-electron chi connectivity index (χ2n) is 8.02. The summed E-state index contributed by atoms with van der Waals surface area (Å²) in [7, 11) is 1.46. The van der Waals surface area contributed by atoms with Gasteiger partial charge in [-0.2, -0.15) is 0 Å². The highest BCUT2D eigenvalue weighted by Crippen LogP contribution is 2.23. The molecule has 0 unspecified atom stereocenters. The lowest BCUT2D eigenvalue weighted by Gasteiger charge is -2.23. The maximum Gasteiger partial charge on any atom is 0.254 e. The molecule has 2 N–H and O–H groups in total. The normalized spacial score (nSPS) is 16.3. The molecule has 0 aromatic heterocycles. The van der Waals surface area contributed by atoms with Gasteiger partial charge in [0.15, 0.2) is 0 Å². The minimum atomic E-state index is -0.632. The summed E-state index contributed by atoms with van der Waals surface area (Å²) in [5.41, 5.74) is 4.29. The second kappa shape index (κ2) is 11.1. The number of nitrogens with one attached hydrogen (secondary N) is 2. The van der Waals surface area contributed by atoms with Crippen LogP contribution in [0.4, 0.5) is 5.69 Å². The van der Waals surface area contributed by atoms with Gasteiger partial charge >= 0.3 is 0 Å². The Kier molecular flexibility index (Phi) is 7.55. The quantitative estimate of drug-likeness (QED) is 0.399. The number of hydrogen-bond acceptors (Lipinski definition) is 5. The molecule has 0 spiro atoms. The second-order valence-corrected chi connectivity index (χ2v) is 8.02. The summed E-state index contributed by atoms with van der Waals surface area (Å²) in [4.78, 5) is 32.7. The van der Waals surface area contributed by atoms with Crippen LogP contribution >= 0.6 is 0 Å². The summed E-state index contributed by atoms with van der Waals surface area (Å²) in [5, 5.41) is 10.2. The van der Waals surface area contributed by atoms with E-state index in [0.717, 1.165) is 16.8 Å². The molecule has 3 aromatic rings. The SMILES string of the molecule is CO/N=C1\C[C@@H](C(=O)NCCNc2ccccc2)N(C(=O)c2ccc(-c3ccccc3)cc2)C1. The average Bonchev–Trinajstić information content (AvgIpc) is 3.31. The Bertz CT molecular complexity index is 1130. The third-order valence-electron chi connectivity index (χ3n) is 5.71. The largest absolute Gasteiger partial charge is 0.399 e. The number of benzene rings is 3. The monoisotopic (exact) mass is 456 g/mol. The minimum Gasteiger partial charge on any atom is -0.399 e. The van der Waals surface area contributed by atoms with Gasteiger partial charge < -0.3 is 20.4 Å². The van der Waals surface area contributed by atoms with E-state index < -0.39 is 6.04 Å². The average molecular weight is 457 g/mol. The van der Waals surface area contributed by atoms with E-state index in [1.54, 1.807) is 17.0 Å². The Balaban J connectivity index is 1.41. The van der Waals surface area contributed by atoms with Crippen LogP contribution in [-0.2, 0) is 9.63 Å². The molecule has 2 amide bonds. The molecule has 0 aliphatic carbocycles. The van der Waals surface area contributed by atoms with E-state index in [1.807, 2.05) is 72.8 Å². The van der Waals surface area contributed by atoms with Crippen molar-refractivity contribution in [1.82, 2.24) is 10.2 Å². The minimum absolute atomic E-state index is 0.203. The van der Waals surface area contributed by atoms with E-state index in [1.165, 1.54) is 7.11 Å². The summed E-state index contributed by atoms with van der Waals surface area (Å²) >= 11 is 0. The summed E-state index contributed by atoms with van der Waals surface area (Å²) < 4.78 is 0. The fraction of sp³-hybridized carbons (Fsp3) is 0.222. The molecule has 0 radical (unpaired) electrons. The zero-order valence-corrected chi connectivity index (χ0v) is 19.1. The maximum atomic E-state index is 13.3. The van der Waals surface area contributed by atoms with Crippen LogP contribution in [0, 0.1) is 0 Å². The van der Waals surface area contributed by atoms with Gasteiger partial charge in [-0.15, -0.1) is 0 Å². The maximum absolute atomic E-state index is 13.3.